The molecule has 0 saturated heterocycles. The lowest BCUT2D eigenvalue weighted by Crippen LogP contribution is -2.34. The van der Waals surface area contributed by atoms with Crippen molar-refractivity contribution in [2.24, 2.45) is 0 Å². The molecule has 1 rings (SSSR count). The molecule has 1 fully saturated rings. The molecule has 0 spiro atoms. The van der Waals surface area contributed by atoms with Crippen molar-refractivity contribution in [2.45, 2.75) is 44.6 Å². The first-order valence-electron chi connectivity index (χ1n) is 4.34. The smallest absolute Gasteiger partial charge is 0.371 e. The highest BCUT2D eigenvalue weighted by atomic mass is 16.6. The standard InChI is InChI=1S/C9H14O3/c1-9(12-8(11)7-10)5-3-2-4-6-9/h7H,2-6H2,1H3. The first-order chi connectivity index (χ1) is 5.66. The van der Waals surface area contributed by atoms with E-state index >= 15 is 0 Å². The van der Waals surface area contributed by atoms with Crippen molar-refractivity contribution in [3.63, 3.8) is 0 Å². The van der Waals surface area contributed by atoms with Crippen molar-refractivity contribution in [2.75, 3.05) is 0 Å². The van der Waals surface area contributed by atoms with Gasteiger partial charge in [-0.05, 0) is 32.6 Å². The molecule has 0 radical (unpaired) electrons. The molecule has 3 heteroatoms. The lowest BCUT2D eigenvalue weighted by atomic mass is 9.86. The second kappa shape index (κ2) is 3.70. The van der Waals surface area contributed by atoms with Gasteiger partial charge in [0.1, 0.15) is 5.60 Å². The van der Waals surface area contributed by atoms with Crippen LogP contribution in [0.2, 0.25) is 0 Å². The van der Waals surface area contributed by atoms with Gasteiger partial charge in [0.05, 0.1) is 0 Å². The summed E-state index contributed by atoms with van der Waals surface area (Å²) < 4.78 is 5.02. The number of ether oxygens (including phenoxy) is 1. The maximum absolute atomic E-state index is 10.7. The molecule has 3 nitrogen and oxygen atoms in total. The van der Waals surface area contributed by atoms with Crippen LogP contribution in [-0.2, 0) is 14.3 Å². The molecule has 0 aromatic rings. The van der Waals surface area contributed by atoms with Crippen molar-refractivity contribution in [1.82, 2.24) is 0 Å². The van der Waals surface area contributed by atoms with Gasteiger partial charge in [-0.1, -0.05) is 6.42 Å². The van der Waals surface area contributed by atoms with E-state index in [9.17, 15) is 9.59 Å². The van der Waals surface area contributed by atoms with E-state index in [4.69, 9.17) is 4.74 Å². The van der Waals surface area contributed by atoms with Gasteiger partial charge in [0.15, 0.2) is 0 Å². The molecule has 0 atom stereocenters. The Balaban J connectivity index is 2.46. The fourth-order valence-electron chi connectivity index (χ4n) is 1.67. The Bertz CT molecular complexity index is 180. The van der Waals surface area contributed by atoms with Crippen LogP contribution in [-0.4, -0.2) is 17.9 Å². The molecule has 0 bridgehead atoms. The molecule has 0 unspecified atom stereocenters. The molecule has 0 aliphatic heterocycles. The van der Waals surface area contributed by atoms with Gasteiger partial charge in [-0.3, -0.25) is 4.79 Å². The first-order valence-corrected chi connectivity index (χ1v) is 4.34. The Morgan fingerprint density at radius 3 is 2.42 bits per heavy atom. The first kappa shape index (κ1) is 9.23. The zero-order chi connectivity index (χ0) is 9.03. The van der Waals surface area contributed by atoms with Crippen LogP contribution in [0.5, 0.6) is 0 Å². The van der Waals surface area contributed by atoms with E-state index in [2.05, 4.69) is 0 Å². The topological polar surface area (TPSA) is 43.4 Å². The number of rotatable bonds is 2. The van der Waals surface area contributed by atoms with Crippen LogP contribution in [0.15, 0.2) is 0 Å². The quantitative estimate of drug-likeness (QED) is 0.358. The third kappa shape index (κ3) is 2.32. The van der Waals surface area contributed by atoms with E-state index in [-0.39, 0.29) is 11.9 Å². The molecule has 0 heterocycles. The summed E-state index contributed by atoms with van der Waals surface area (Å²) in [6.45, 7) is 1.90. The minimum atomic E-state index is -0.737. The van der Waals surface area contributed by atoms with Crippen molar-refractivity contribution < 1.29 is 14.3 Å². The Kier molecular flexibility index (Phi) is 2.84. The summed E-state index contributed by atoms with van der Waals surface area (Å²) in [5.74, 6) is -0.737. The monoisotopic (exact) mass is 170 g/mol. The normalized spacial score (nSPS) is 21.4. The molecule has 1 saturated carbocycles. The second-order valence-electron chi connectivity index (χ2n) is 3.55. The summed E-state index contributed by atoms with van der Waals surface area (Å²) in [7, 11) is 0. The lowest BCUT2D eigenvalue weighted by molar-refractivity contribution is -0.163. The summed E-state index contributed by atoms with van der Waals surface area (Å²) in [6, 6.07) is 0. The van der Waals surface area contributed by atoms with E-state index in [1.165, 1.54) is 6.42 Å². The highest BCUT2D eigenvalue weighted by Crippen LogP contribution is 2.30. The number of hydrogen-bond acceptors (Lipinski definition) is 3. The highest BCUT2D eigenvalue weighted by Gasteiger charge is 2.30. The van der Waals surface area contributed by atoms with Crippen LogP contribution in [0.1, 0.15) is 39.0 Å². The SMILES string of the molecule is CC1(OC(=O)C=O)CCCCC1. The van der Waals surface area contributed by atoms with Gasteiger partial charge >= 0.3 is 5.97 Å². The van der Waals surface area contributed by atoms with Gasteiger partial charge in [-0.25, -0.2) is 4.79 Å². The van der Waals surface area contributed by atoms with Gasteiger partial charge in [0, 0.05) is 0 Å². The van der Waals surface area contributed by atoms with Crippen LogP contribution in [0, 0.1) is 0 Å². The van der Waals surface area contributed by atoms with E-state index in [1.54, 1.807) is 0 Å². The predicted molar refractivity (Wildman–Crippen MR) is 43.6 cm³/mol. The van der Waals surface area contributed by atoms with Gasteiger partial charge in [-0.2, -0.15) is 0 Å². The Morgan fingerprint density at radius 1 is 1.33 bits per heavy atom. The number of aldehydes is 1. The van der Waals surface area contributed by atoms with Crippen LogP contribution in [0.3, 0.4) is 0 Å². The fraction of sp³-hybridized carbons (Fsp3) is 0.778. The lowest BCUT2D eigenvalue weighted by Gasteiger charge is -2.32. The van der Waals surface area contributed by atoms with Gasteiger partial charge in [0.25, 0.3) is 0 Å². The average molecular weight is 170 g/mol. The highest BCUT2D eigenvalue weighted by molar-refractivity contribution is 6.20. The fourth-order valence-corrected chi connectivity index (χ4v) is 1.67. The molecule has 0 amide bonds. The third-order valence-corrected chi connectivity index (χ3v) is 2.35. The predicted octanol–water partition coefficient (Wildman–Crippen LogP) is 1.45. The molecule has 0 N–H and O–H groups in total. The Labute approximate surface area is 72.1 Å². The minimum Gasteiger partial charge on any atom is -0.454 e. The van der Waals surface area contributed by atoms with E-state index < -0.39 is 5.97 Å². The summed E-state index contributed by atoms with van der Waals surface area (Å²) in [5, 5.41) is 0. The van der Waals surface area contributed by atoms with Crippen LogP contribution >= 0.6 is 0 Å². The molecule has 0 aromatic heterocycles. The van der Waals surface area contributed by atoms with E-state index in [0.29, 0.717) is 0 Å². The Morgan fingerprint density at radius 2 is 1.92 bits per heavy atom. The molecular formula is C9H14O3. The van der Waals surface area contributed by atoms with Crippen molar-refractivity contribution in [3.05, 3.63) is 0 Å². The maximum Gasteiger partial charge on any atom is 0.371 e. The largest absolute Gasteiger partial charge is 0.454 e. The van der Waals surface area contributed by atoms with E-state index in [1.807, 2.05) is 6.92 Å². The van der Waals surface area contributed by atoms with Gasteiger partial charge in [-0.15, -0.1) is 0 Å². The second-order valence-corrected chi connectivity index (χ2v) is 3.55. The molecule has 1 aliphatic carbocycles. The van der Waals surface area contributed by atoms with Crippen molar-refractivity contribution in [1.29, 1.82) is 0 Å². The molecule has 1 aliphatic rings. The average Bonchev–Trinajstić information content (AvgIpc) is 2.05. The van der Waals surface area contributed by atoms with Crippen LogP contribution in [0.4, 0.5) is 0 Å². The minimum absolute atomic E-state index is 0.236. The van der Waals surface area contributed by atoms with Crippen molar-refractivity contribution in [3.8, 4) is 0 Å². The van der Waals surface area contributed by atoms with Gasteiger partial charge < -0.3 is 4.74 Å². The Hall–Kier alpha value is -0.860. The molecule has 68 valence electrons. The van der Waals surface area contributed by atoms with Crippen LogP contribution < -0.4 is 0 Å². The number of hydrogen-bond donors (Lipinski definition) is 0. The van der Waals surface area contributed by atoms with Crippen LogP contribution in [0.25, 0.3) is 0 Å². The summed E-state index contributed by atoms with van der Waals surface area (Å²) in [5.41, 5.74) is -0.379. The molecule has 0 aromatic carbocycles. The maximum atomic E-state index is 10.7. The zero-order valence-electron chi connectivity index (χ0n) is 7.34. The van der Waals surface area contributed by atoms with Gasteiger partial charge in [0.2, 0.25) is 6.29 Å². The van der Waals surface area contributed by atoms with Crippen molar-refractivity contribution >= 4 is 12.3 Å². The summed E-state index contributed by atoms with van der Waals surface area (Å²) in [4.78, 5) is 20.7. The number of carbonyl (C=O) groups is 2. The number of carbonyl (C=O) groups excluding carboxylic acids is 2. The number of esters is 1. The van der Waals surface area contributed by atoms with E-state index in [0.717, 1.165) is 25.7 Å². The molecule has 12 heavy (non-hydrogen) atoms. The molecular weight excluding hydrogens is 156 g/mol. The zero-order valence-corrected chi connectivity index (χ0v) is 7.34. The summed E-state index contributed by atoms with van der Waals surface area (Å²) in [6.07, 6.45) is 5.37. The third-order valence-electron chi connectivity index (χ3n) is 2.35. The summed E-state index contributed by atoms with van der Waals surface area (Å²) >= 11 is 0.